The van der Waals surface area contributed by atoms with Crippen molar-refractivity contribution in [2.24, 2.45) is 17.6 Å². The van der Waals surface area contributed by atoms with E-state index in [1.165, 1.54) is 0 Å². The minimum Gasteiger partial charge on any atom is -0.463 e. The molecule has 5 nitrogen and oxygen atoms in total. The maximum atomic E-state index is 11.4. The SMILES string of the molecule is CCC(CC(C)C(N)=O)C(=O)OCCO. The van der Waals surface area contributed by atoms with E-state index in [1.807, 2.05) is 6.92 Å². The van der Waals surface area contributed by atoms with Gasteiger partial charge in [-0.3, -0.25) is 9.59 Å². The molecule has 3 N–H and O–H groups in total. The fraction of sp³-hybridized carbons (Fsp3) is 0.800. The number of hydrogen-bond acceptors (Lipinski definition) is 4. The number of rotatable bonds is 7. The van der Waals surface area contributed by atoms with E-state index in [4.69, 9.17) is 15.6 Å². The lowest BCUT2D eigenvalue weighted by Gasteiger charge is -2.16. The van der Waals surface area contributed by atoms with Crippen molar-refractivity contribution in [1.82, 2.24) is 0 Å². The zero-order valence-corrected chi connectivity index (χ0v) is 9.23. The lowest BCUT2D eigenvalue weighted by atomic mass is 9.93. The molecule has 0 saturated carbocycles. The molecule has 0 heterocycles. The number of nitrogens with two attached hydrogens (primary N) is 1. The third kappa shape index (κ3) is 5.37. The van der Waals surface area contributed by atoms with Gasteiger partial charge in [-0.05, 0) is 12.8 Å². The summed E-state index contributed by atoms with van der Waals surface area (Å²) in [6, 6.07) is 0. The van der Waals surface area contributed by atoms with E-state index in [0.717, 1.165) is 0 Å². The van der Waals surface area contributed by atoms with Crippen molar-refractivity contribution >= 4 is 11.9 Å². The molecule has 0 aliphatic carbocycles. The van der Waals surface area contributed by atoms with E-state index >= 15 is 0 Å². The molecule has 1 amide bonds. The van der Waals surface area contributed by atoms with Crippen LogP contribution in [0.25, 0.3) is 0 Å². The Morgan fingerprint density at radius 3 is 2.47 bits per heavy atom. The Bertz CT molecular complexity index is 217. The molecule has 0 aliphatic rings. The van der Waals surface area contributed by atoms with Gasteiger partial charge in [-0.25, -0.2) is 0 Å². The molecule has 88 valence electrons. The van der Waals surface area contributed by atoms with E-state index < -0.39 is 5.91 Å². The standard InChI is InChI=1S/C10H19NO4/c1-3-8(6-7(2)9(11)13)10(14)15-5-4-12/h7-8,12H,3-6H2,1-2H3,(H2,11,13). The van der Waals surface area contributed by atoms with Crippen LogP contribution in [0, 0.1) is 11.8 Å². The quantitative estimate of drug-likeness (QED) is 0.590. The number of amides is 1. The third-order valence-electron chi connectivity index (χ3n) is 2.29. The highest BCUT2D eigenvalue weighted by atomic mass is 16.5. The molecule has 0 rings (SSSR count). The van der Waals surface area contributed by atoms with Crippen molar-refractivity contribution in [2.45, 2.75) is 26.7 Å². The van der Waals surface area contributed by atoms with E-state index in [1.54, 1.807) is 6.92 Å². The number of primary amides is 1. The topological polar surface area (TPSA) is 89.6 Å². The molecular formula is C10H19NO4. The highest BCUT2D eigenvalue weighted by molar-refractivity contribution is 5.78. The lowest BCUT2D eigenvalue weighted by Crippen LogP contribution is -2.27. The zero-order valence-electron chi connectivity index (χ0n) is 9.23. The third-order valence-corrected chi connectivity index (χ3v) is 2.29. The second kappa shape index (κ2) is 7.23. The number of esters is 1. The van der Waals surface area contributed by atoms with Crippen LogP contribution in [0.2, 0.25) is 0 Å². The summed E-state index contributed by atoms with van der Waals surface area (Å²) in [4.78, 5) is 22.2. The van der Waals surface area contributed by atoms with Gasteiger partial charge in [-0.1, -0.05) is 13.8 Å². The van der Waals surface area contributed by atoms with Gasteiger partial charge in [0, 0.05) is 5.92 Å². The molecule has 0 aliphatic heterocycles. The Morgan fingerprint density at radius 2 is 2.07 bits per heavy atom. The Labute approximate surface area is 89.6 Å². The summed E-state index contributed by atoms with van der Waals surface area (Å²) in [6.07, 6.45) is 0.998. The molecule has 0 saturated heterocycles. The fourth-order valence-corrected chi connectivity index (χ4v) is 1.24. The van der Waals surface area contributed by atoms with E-state index in [-0.39, 0.29) is 31.0 Å². The molecule has 0 fully saturated rings. The van der Waals surface area contributed by atoms with Gasteiger partial charge in [-0.15, -0.1) is 0 Å². The summed E-state index contributed by atoms with van der Waals surface area (Å²) in [5.41, 5.74) is 5.11. The molecule has 0 aromatic rings. The molecule has 2 unspecified atom stereocenters. The van der Waals surface area contributed by atoms with Crippen LogP contribution >= 0.6 is 0 Å². The largest absolute Gasteiger partial charge is 0.463 e. The van der Waals surface area contributed by atoms with E-state index in [0.29, 0.717) is 12.8 Å². The second-order valence-electron chi connectivity index (χ2n) is 3.54. The Balaban J connectivity index is 4.11. The van der Waals surface area contributed by atoms with Crippen molar-refractivity contribution in [3.63, 3.8) is 0 Å². The van der Waals surface area contributed by atoms with Gasteiger partial charge in [0.25, 0.3) is 0 Å². The molecule has 0 aromatic heterocycles. The molecular weight excluding hydrogens is 198 g/mol. The normalized spacial score (nSPS) is 14.3. The van der Waals surface area contributed by atoms with Gasteiger partial charge in [-0.2, -0.15) is 0 Å². The van der Waals surface area contributed by atoms with Crippen molar-refractivity contribution < 1.29 is 19.4 Å². The Morgan fingerprint density at radius 1 is 1.47 bits per heavy atom. The van der Waals surface area contributed by atoms with Crippen LogP contribution in [0.15, 0.2) is 0 Å². The van der Waals surface area contributed by atoms with Gasteiger partial charge in [0.15, 0.2) is 0 Å². The second-order valence-corrected chi connectivity index (χ2v) is 3.54. The van der Waals surface area contributed by atoms with Crippen LogP contribution in [0.5, 0.6) is 0 Å². The van der Waals surface area contributed by atoms with Crippen LogP contribution in [0.3, 0.4) is 0 Å². The monoisotopic (exact) mass is 217 g/mol. The highest BCUT2D eigenvalue weighted by Crippen LogP contribution is 2.16. The molecule has 0 aromatic carbocycles. The molecule has 15 heavy (non-hydrogen) atoms. The summed E-state index contributed by atoms with van der Waals surface area (Å²) >= 11 is 0. The lowest BCUT2D eigenvalue weighted by molar-refractivity contribution is -0.150. The van der Waals surface area contributed by atoms with Crippen molar-refractivity contribution in [1.29, 1.82) is 0 Å². The maximum absolute atomic E-state index is 11.4. The summed E-state index contributed by atoms with van der Waals surface area (Å²) in [5.74, 6) is -1.45. The molecule has 2 atom stereocenters. The van der Waals surface area contributed by atoms with Gasteiger partial charge < -0.3 is 15.6 Å². The summed E-state index contributed by atoms with van der Waals surface area (Å²) in [6.45, 7) is 3.34. The van der Waals surface area contributed by atoms with Crippen LogP contribution < -0.4 is 5.73 Å². The van der Waals surface area contributed by atoms with Crippen LogP contribution in [0.4, 0.5) is 0 Å². The fourth-order valence-electron chi connectivity index (χ4n) is 1.24. The molecule has 0 bridgehead atoms. The molecule has 5 heteroatoms. The smallest absolute Gasteiger partial charge is 0.309 e. The first-order valence-electron chi connectivity index (χ1n) is 5.09. The summed E-state index contributed by atoms with van der Waals surface area (Å²) in [7, 11) is 0. The first-order chi connectivity index (χ1) is 7.02. The number of aliphatic hydroxyl groups is 1. The summed E-state index contributed by atoms with van der Waals surface area (Å²) in [5, 5.41) is 8.49. The van der Waals surface area contributed by atoms with Crippen molar-refractivity contribution in [3.8, 4) is 0 Å². The first kappa shape index (κ1) is 13.9. The minimum absolute atomic E-state index is 0.000283. The summed E-state index contributed by atoms with van der Waals surface area (Å²) < 4.78 is 4.78. The van der Waals surface area contributed by atoms with E-state index in [2.05, 4.69) is 0 Å². The predicted molar refractivity (Wildman–Crippen MR) is 54.8 cm³/mol. The van der Waals surface area contributed by atoms with Gasteiger partial charge >= 0.3 is 5.97 Å². The number of carbonyl (C=O) groups is 2. The average molecular weight is 217 g/mol. The van der Waals surface area contributed by atoms with Crippen LogP contribution in [-0.4, -0.2) is 30.2 Å². The van der Waals surface area contributed by atoms with Crippen LogP contribution in [-0.2, 0) is 14.3 Å². The first-order valence-corrected chi connectivity index (χ1v) is 5.09. The van der Waals surface area contributed by atoms with Gasteiger partial charge in [0.1, 0.15) is 6.61 Å². The number of hydrogen-bond donors (Lipinski definition) is 2. The van der Waals surface area contributed by atoms with Crippen molar-refractivity contribution in [2.75, 3.05) is 13.2 Å². The molecule has 0 radical (unpaired) electrons. The maximum Gasteiger partial charge on any atom is 0.309 e. The zero-order chi connectivity index (χ0) is 11.8. The average Bonchev–Trinajstić information content (AvgIpc) is 2.21. The number of aliphatic hydroxyl groups excluding tert-OH is 1. The van der Waals surface area contributed by atoms with Crippen molar-refractivity contribution in [3.05, 3.63) is 0 Å². The van der Waals surface area contributed by atoms with E-state index in [9.17, 15) is 9.59 Å². The number of carbonyl (C=O) groups excluding carboxylic acids is 2. The molecule has 0 spiro atoms. The minimum atomic E-state index is -0.414. The van der Waals surface area contributed by atoms with Gasteiger partial charge in [0.05, 0.1) is 12.5 Å². The Kier molecular flexibility index (Phi) is 6.70. The highest BCUT2D eigenvalue weighted by Gasteiger charge is 2.22. The predicted octanol–water partition coefficient (Wildman–Crippen LogP) is 0.0596. The Hall–Kier alpha value is -1.10. The number of ether oxygens (including phenoxy) is 1. The van der Waals surface area contributed by atoms with Gasteiger partial charge in [0.2, 0.25) is 5.91 Å². The van der Waals surface area contributed by atoms with Crippen LogP contribution in [0.1, 0.15) is 26.7 Å².